The molecule has 228 valence electrons. The van der Waals surface area contributed by atoms with Crippen LogP contribution in [0, 0.1) is 56.7 Å². The van der Waals surface area contributed by atoms with Crippen molar-refractivity contribution in [2.24, 2.45) is 56.7 Å². The van der Waals surface area contributed by atoms with Gasteiger partial charge in [-0.3, -0.25) is 4.79 Å². The number of rotatable bonds is 6. The molecule has 1 N–H and O–H groups in total. The van der Waals surface area contributed by atoms with Gasteiger partial charge in [-0.25, -0.2) is 0 Å². The van der Waals surface area contributed by atoms with Gasteiger partial charge in [0.15, 0.2) is 0 Å². The molecule has 6 rings (SSSR count). The molecule has 4 fully saturated rings. The molecule has 9 atom stereocenters. The second-order valence-electron chi connectivity index (χ2n) is 16.6. The van der Waals surface area contributed by atoms with Crippen molar-refractivity contribution in [2.75, 3.05) is 0 Å². The van der Waals surface area contributed by atoms with Crippen molar-refractivity contribution in [1.82, 2.24) is 0 Å². The zero-order valence-electron chi connectivity index (χ0n) is 27.1. The first-order chi connectivity index (χ1) is 19.8. The van der Waals surface area contributed by atoms with Gasteiger partial charge in [0, 0.05) is 6.42 Å². The second kappa shape index (κ2) is 9.93. The maximum Gasteiger partial charge on any atom is 0.309 e. The van der Waals surface area contributed by atoms with Crippen LogP contribution in [0.1, 0.15) is 117 Å². The van der Waals surface area contributed by atoms with Gasteiger partial charge < -0.3 is 9.90 Å². The number of aryl methyl sites for hydroxylation is 1. The van der Waals surface area contributed by atoms with Crippen LogP contribution in [0.15, 0.2) is 42.5 Å². The van der Waals surface area contributed by atoms with Crippen LogP contribution in [0.2, 0.25) is 0 Å². The first-order valence-electron chi connectivity index (χ1n) is 16.9. The van der Waals surface area contributed by atoms with Crippen LogP contribution in [-0.4, -0.2) is 17.4 Å². The second-order valence-corrected chi connectivity index (χ2v) is 16.6. The Morgan fingerprint density at radius 2 is 1.74 bits per heavy atom. The third kappa shape index (κ3) is 3.89. The fourth-order valence-corrected chi connectivity index (χ4v) is 12.7. The molecular formula is C39H54O3. The Kier molecular flexibility index (Phi) is 7.07. The van der Waals surface area contributed by atoms with E-state index in [4.69, 9.17) is 0 Å². The number of fused-ring (bicyclic) bond motifs is 7. The highest BCUT2D eigenvalue weighted by Crippen LogP contribution is 2.77. The molecule has 0 heterocycles. The lowest BCUT2D eigenvalue weighted by Gasteiger charge is -2.72. The SMILES string of the molecule is C=C(C)[C@@H]1CC[C@]2(C(=O)O)CC[C@]3(C)[C@H](CC[C@@H]4[C@@]5(C)CC=C(c6cccc(CCC=O)c6)C(C)(C)[C@@H]5CC[C@]43C)[C@@H]12. The summed E-state index contributed by atoms with van der Waals surface area (Å²) in [7, 11) is 0. The van der Waals surface area contributed by atoms with E-state index in [2.05, 4.69) is 78.5 Å². The average Bonchev–Trinajstić information content (AvgIpc) is 3.34. The monoisotopic (exact) mass is 570 g/mol. The lowest BCUT2D eigenvalue weighted by atomic mass is 9.32. The predicted molar refractivity (Wildman–Crippen MR) is 171 cm³/mol. The lowest BCUT2D eigenvalue weighted by Crippen LogP contribution is -2.65. The number of allylic oxidation sites excluding steroid dienone is 3. The molecule has 3 nitrogen and oxygen atoms in total. The molecule has 0 radical (unpaired) electrons. The van der Waals surface area contributed by atoms with E-state index in [0.29, 0.717) is 30.1 Å². The standard InChI is InChI=1S/C39H54O3/c1-25(2)28-15-20-39(34(41)42)22-21-37(6)30(33(28)39)13-14-32-36(5)18-16-29(27-12-8-10-26(24-27)11-9-23-40)35(3,4)31(36)17-19-38(32,37)7/h8,10,12,16,23-24,28,30-33H,1,9,11,13-15,17-22H2,2-7H3,(H,41,42)/t28-,30+,31-,32+,33+,36-,37+,38+,39-/m0/s1. The molecule has 42 heavy (non-hydrogen) atoms. The van der Waals surface area contributed by atoms with Crippen molar-refractivity contribution >= 4 is 17.8 Å². The summed E-state index contributed by atoms with van der Waals surface area (Å²) in [5, 5.41) is 10.6. The molecule has 5 aliphatic carbocycles. The van der Waals surface area contributed by atoms with E-state index >= 15 is 0 Å². The Hall–Kier alpha value is -2.16. The van der Waals surface area contributed by atoms with E-state index in [1.54, 1.807) is 0 Å². The molecule has 1 aromatic carbocycles. The van der Waals surface area contributed by atoms with Gasteiger partial charge in [0.05, 0.1) is 5.41 Å². The third-order valence-corrected chi connectivity index (χ3v) is 14.9. The van der Waals surface area contributed by atoms with Crippen LogP contribution >= 0.6 is 0 Å². The van der Waals surface area contributed by atoms with Crippen molar-refractivity contribution < 1.29 is 14.7 Å². The summed E-state index contributed by atoms with van der Waals surface area (Å²) >= 11 is 0. The van der Waals surface area contributed by atoms with Crippen LogP contribution in [0.25, 0.3) is 5.57 Å². The molecule has 1 aromatic rings. The summed E-state index contributed by atoms with van der Waals surface area (Å²) in [5.41, 5.74) is 5.39. The highest BCUT2D eigenvalue weighted by atomic mass is 16.4. The summed E-state index contributed by atoms with van der Waals surface area (Å²) in [6.45, 7) is 19.4. The summed E-state index contributed by atoms with van der Waals surface area (Å²) in [4.78, 5) is 24.0. The largest absolute Gasteiger partial charge is 0.481 e. The molecule has 0 saturated heterocycles. The van der Waals surface area contributed by atoms with Crippen LogP contribution < -0.4 is 0 Å². The van der Waals surface area contributed by atoms with Crippen LogP contribution in [0.4, 0.5) is 0 Å². The van der Waals surface area contributed by atoms with Crippen molar-refractivity contribution in [1.29, 1.82) is 0 Å². The Morgan fingerprint density at radius 3 is 2.43 bits per heavy atom. The maximum absolute atomic E-state index is 12.9. The summed E-state index contributed by atoms with van der Waals surface area (Å²) < 4.78 is 0. The van der Waals surface area contributed by atoms with E-state index in [0.717, 1.165) is 44.8 Å². The molecule has 4 saturated carbocycles. The lowest BCUT2D eigenvalue weighted by molar-refractivity contribution is -0.227. The average molecular weight is 571 g/mol. The number of carbonyl (C=O) groups is 2. The van der Waals surface area contributed by atoms with Crippen LogP contribution in [0.3, 0.4) is 0 Å². The number of carboxylic acid groups (broad SMARTS) is 1. The number of hydrogen-bond acceptors (Lipinski definition) is 2. The van der Waals surface area contributed by atoms with Gasteiger partial charge in [-0.15, -0.1) is 0 Å². The minimum absolute atomic E-state index is 0.0664. The van der Waals surface area contributed by atoms with Gasteiger partial charge in [0.1, 0.15) is 6.29 Å². The first-order valence-corrected chi connectivity index (χ1v) is 16.9. The fourth-order valence-electron chi connectivity index (χ4n) is 12.7. The molecular weight excluding hydrogens is 516 g/mol. The van der Waals surface area contributed by atoms with Gasteiger partial charge in [-0.05, 0) is 139 Å². The van der Waals surface area contributed by atoms with Crippen molar-refractivity contribution in [2.45, 2.75) is 112 Å². The zero-order chi connectivity index (χ0) is 30.3. The fraction of sp³-hybridized carbons (Fsp3) is 0.692. The van der Waals surface area contributed by atoms with E-state index < -0.39 is 11.4 Å². The van der Waals surface area contributed by atoms with Gasteiger partial charge in [-0.2, -0.15) is 0 Å². The van der Waals surface area contributed by atoms with Gasteiger partial charge in [0.2, 0.25) is 0 Å². The molecule has 5 aliphatic rings. The molecule has 0 aliphatic heterocycles. The number of aldehydes is 1. The molecule has 0 amide bonds. The normalized spacial score (nSPS) is 43.7. The Morgan fingerprint density at radius 1 is 0.976 bits per heavy atom. The van der Waals surface area contributed by atoms with E-state index in [-0.39, 0.29) is 27.6 Å². The van der Waals surface area contributed by atoms with E-state index in [1.165, 1.54) is 48.0 Å². The summed E-state index contributed by atoms with van der Waals surface area (Å²) in [6.07, 6.45) is 14.7. The Bertz CT molecular complexity index is 1320. The van der Waals surface area contributed by atoms with E-state index in [1.807, 2.05) is 0 Å². The highest BCUT2D eigenvalue weighted by Gasteiger charge is 2.71. The molecule has 0 aromatic heterocycles. The van der Waals surface area contributed by atoms with Gasteiger partial charge >= 0.3 is 5.97 Å². The summed E-state index contributed by atoms with van der Waals surface area (Å²) in [6, 6.07) is 8.93. The van der Waals surface area contributed by atoms with Crippen molar-refractivity contribution in [3.8, 4) is 0 Å². The Labute approximate surface area is 254 Å². The predicted octanol–water partition coefficient (Wildman–Crippen LogP) is 9.55. The number of aliphatic carboxylic acids is 1. The first kappa shape index (κ1) is 29.9. The number of hydrogen-bond donors (Lipinski definition) is 1. The third-order valence-electron chi connectivity index (χ3n) is 14.9. The smallest absolute Gasteiger partial charge is 0.309 e. The highest BCUT2D eigenvalue weighted by molar-refractivity contribution is 5.76. The quantitative estimate of drug-likeness (QED) is 0.274. The molecule has 3 heteroatoms. The topological polar surface area (TPSA) is 54.4 Å². The molecule has 0 unspecified atom stereocenters. The van der Waals surface area contributed by atoms with Crippen molar-refractivity contribution in [3.05, 3.63) is 53.6 Å². The minimum Gasteiger partial charge on any atom is -0.481 e. The van der Waals surface area contributed by atoms with Crippen molar-refractivity contribution in [3.63, 3.8) is 0 Å². The summed E-state index contributed by atoms with van der Waals surface area (Å²) in [5.74, 6) is 1.75. The Balaban J connectivity index is 1.36. The number of carboxylic acids is 1. The van der Waals surface area contributed by atoms with Gasteiger partial charge in [-0.1, -0.05) is 77.1 Å². The number of carbonyl (C=O) groups excluding carboxylic acids is 1. The number of benzene rings is 1. The van der Waals surface area contributed by atoms with E-state index in [9.17, 15) is 14.7 Å². The van der Waals surface area contributed by atoms with Gasteiger partial charge in [0.25, 0.3) is 0 Å². The molecule has 0 bridgehead atoms. The maximum atomic E-state index is 12.9. The minimum atomic E-state index is -0.553. The molecule has 0 spiro atoms. The zero-order valence-corrected chi connectivity index (χ0v) is 27.1. The van der Waals surface area contributed by atoms with Crippen LogP contribution in [0.5, 0.6) is 0 Å². The van der Waals surface area contributed by atoms with Crippen LogP contribution in [-0.2, 0) is 16.0 Å².